The van der Waals surface area contributed by atoms with Crippen LogP contribution in [0.25, 0.3) is 0 Å². The molecule has 1 heterocycles. The minimum atomic E-state index is 1.09. The van der Waals surface area contributed by atoms with Crippen molar-refractivity contribution in [1.82, 2.24) is 0 Å². The molecule has 2 heteroatoms. The number of nitrogens with zero attached hydrogens (tertiary/aromatic N) is 1. The molecule has 9 heavy (non-hydrogen) atoms. The van der Waals surface area contributed by atoms with E-state index in [0.29, 0.717) is 0 Å². The van der Waals surface area contributed by atoms with Crippen molar-refractivity contribution in [3.63, 3.8) is 0 Å². The second-order valence-corrected chi connectivity index (χ2v) is 2.82. The summed E-state index contributed by atoms with van der Waals surface area (Å²) in [6.07, 6.45) is 1.91. The van der Waals surface area contributed by atoms with Crippen molar-refractivity contribution in [2.45, 2.75) is 4.90 Å². The molecular formula is C7H6NS. The summed E-state index contributed by atoms with van der Waals surface area (Å²) in [6.45, 7) is 0. The van der Waals surface area contributed by atoms with Crippen LogP contribution in [0, 0.1) is 0 Å². The van der Waals surface area contributed by atoms with Crippen LogP contribution in [0.1, 0.15) is 5.56 Å². The zero-order chi connectivity index (χ0) is 6.10. The average molecular weight is 136 g/mol. The van der Waals surface area contributed by atoms with Crippen LogP contribution in [0.4, 0.5) is 0 Å². The van der Waals surface area contributed by atoms with E-state index in [1.807, 2.05) is 18.3 Å². The molecule has 0 N–H and O–H groups in total. The minimum absolute atomic E-state index is 1.09. The molecule has 0 amide bonds. The minimum Gasteiger partial charge on any atom is -0.234 e. The van der Waals surface area contributed by atoms with Crippen LogP contribution in [0.3, 0.4) is 0 Å². The first-order chi connectivity index (χ1) is 4.47. The maximum Gasteiger partial charge on any atom is 0.0426 e. The van der Waals surface area contributed by atoms with E-state index in [1.54, 1.807) is 0 Å². The molecule has 0 atom stereocenters. The van der Waals surface area contributed by atoms with Crippen molar-refractivity contribution in [1.29, 1.82) is 0 Å². The van der Waals surface area contributed by atoms with E-state index >= 15 is 0 Å². The zero-order valence-electron chi connectivity index (χ0n) is 4.78. The summed E-state index contributed by atoms with van der Waals surface area (Å²) < 4.78 is 4.10. The summed E-state index contributed by atoms with van der Waals surface area (Å²) in [7, 11) is 0. The van der Waals surface area contributed by atoms with Crippen molar-refractivity contribution in [3.8, 4) is 0 Å². The van der Waals surface area contributed by atoms with Crippen molar-refractivity contribution >= 4 is 18.2 Å². The zero-order valence-corrected chi connectivity index (χ0v) is 5.68. The Morgan fingerprint density at radius 1 is 1.22 bits per heavy atom. The van der Waals surface area contributed by atoms with Gasteiger partial charge in [-0.3, -0.25) is 0 Å². The van der Waals surface area contributed by atoms with Gasteiger partial charge in [-0.25, -0.2) is 4.40 Å². The Kier molecular flexibility index (Phi) is 1.06. The highest BCUT2D eigenvalue weighted by molar-refractivity contribution is 7.98. The van der Waals surface area contributed by atoms with E-state index in [2.05, 4.69) is 16.5 Å². The molecule has 2 rings (SSSR count). The van der Waals surface area contributed by atoms with Crippen molar-refractivity contribution in [2.75, 3.05) is 0 Å². The topological polar surface area (TPSA) is 12.4 Å². The summed E-state index contributed by atoms with van der Waals surface area (Å²) >= 11 is 1.09. The van der Waals surface area contributed by atoms with Gasteiger partial charge in [-0.2, -0.15) is 0 Å². The third kappa shape index (κ3) is 0.754. The van der Waals surface area contributed by atoms with Gasteiger partial charge in [0, 0.05) is 16.7 Å². The molecule has 0 aliphatic carbocycles. The fourth-order valence-corrected chi connectivity index (χ4v) is 1.55. The summed E-state index contributed by atoms with van der Waals surface area (Å²) in [4.78, 5) is 1.32. The van der Waals surface area contributed by atoms with Gasteiger partial charge in [0.15, 0.2) is 0 Å². The first-order valence-corrected chi connectivity index (χ1v) is 3.65. The fraction of sp³-hybridized carbons (Fsp3) is 0. The van der Waals surface area contributed by atoms with Crippen molar-refractivity contribution in [2.24, 2.45) is 4.40 Å². The molecule has 1 aromatic carbocycles. The van der Waals surface area contributed by atoms with Gasteiger partial charge < -0.3 is 0 Å². The molecular weight excluding hydrogens is 130 g/mol. The number of rotatable bonds is 0. The summed E-state index contributed by atoms with van der Waals surface area (Å²) in [6, 6.07) is 8.26. The van der Waals surface area contributed by atoms with Crippen LogP contribution in [0.15, 0.2) is 33.6 Å². The lowest BCUT2D eigenvalue weighted by Gasteiger charge is -1.91. The molecule has 0 aromatic heterocycles. The maximum absolute atomic E-state index is 4.10. The van der Waals surface area contributed by atoms with Crippen LogP contribution in [-0.2, 0) is 0 Å². The molecule has 1 aliphatic heterocycles. The van der Waals surface area contributed by atoms with Gasteiger partial charge >= 0.3 is 0 Å². The highest BCUT2D eigenvalue weighted by Gasteiger charge is 2.01. The SMILES string of the molecule is C1=N[SH]c2ccccc21. The molecule has 1 aromatic rings. The second kappa shape index (κ2) is 1.88. The number of hydrogen-bond acceptors (Lipinski definition) is 1. The number of thiol groups is 1. The molecule has 45 valence electrons. The van der Waals surface area contributed by atoms with Crippen LogP contribution >= 0.6 is 11.9 Å². The average Bonchev–Trinajstić information content (AvgIpc) is 2.33. The van der Waals surface area contributed by atoms with Crippen molar-refractivity contribution in [3.05, 3.63) is 29.8 Å². The Morgan fingerprint density at radius 2 is 2.11 bits per heavy atom. The van der Waals surface area contributed by atoms with E-state index in [1.165, 1.54) is 10.5 Å². The Bertz CT molecular complexity index is 255. The monoisotopic (exact) mass is 136 g/mol. The Morgan fingerprint density at radius 3 is 3.00 bits per heavy atom. The summed E-state index contributed by atoms with van der Waals surface area (Å²) in [5, 5.41) is 0. The molecule has 0 unspecified atom stereocenters. The standard InChI is InChI=1S/C7H6NS/c1-2-4-7-6(3-1)5-8-9-7/h1-5,9H. The van der Waals surface area contributed by atoms with Crippen molar-refractivity contribution < 1.29 is 0 Å². The van der Waals surface area contributed by atoms with Crippen LogP contribution < -0.4 is 0 Å². The molecule has 0 fully saturated rings. The Balaban J connectivity index is 2.63. The molecule has 0 saturated heterocycles. The fourth-order valence-electron chi connectivity index (χ4n) is 0.841. The van der Waals surface area contributed by atoms with Gasteiger partial charge in [0.05, 0.1) is 0 Å². The van der Waals surface area contributed by atoms with Crippen LogP contribution in [0.2, 0.25) is 0 Å². The molecule has 0 bridgehead atoms. The van der Waals surface area contributed by atoms with Gasteiger partial charge in [-0.1, -0.05) is 30.1 Å². The Labute approximate surface area is 57.9 Å². The van der Waals surface area contributed by atoms with Crippen LogP contribution in [-0.4, -0.2) is 6.21 Å². The molecule has 1 nitrogen and oxygen atoms in total. The smallest absolute Gasteiger partial charge is 0.0426 e. The third-order valence-electron chi connectivity index (χ3n) is 1.30. The predicted molar refractivity (Wildman–Crippen MR) is 41.3 cm³/mol. The van der Waals surface area contributed by atoms with Gasteiger partial charge in [0.1, 0.15) is 0 Å². The Hall–Kier alpha value is -0.760. The first kappa shape index (κ1) is 5.06. The summed E-state index contributed by atoms with van der Waals surface area (Å²) in [5.41, 5.74) is 1.26. The van der Waals surface area contributed by atoms with E-state index in [4.69, 9.17) is 0 Å². The van der Waals surface area contributed by atoms with E-state index in [9.17, 15) is 0 Å². The highest BCUT2D eigenvalue weighted by Crippen LogP contribution is 2.27. The largest absolute Gasteiger partial charge is 0.234 e. The maximum atomic E-state index is 4.10. The number of benzene rings is 1. The van der Waals surface area contributed by atoms with E-state index in [-0.39, 0.29) is 0 Å². The quantitative estimate of drug-likeness (QED) is 0.523. The van der Waals surface area contributed by atoms with Gasteiger partial charge in [0.25, 0.3) is 0 Å². The lowest BCUT2D eigenvalue weighted by Crippen LogP contribution is -1.74. The molecule has 1 radical (unpaired) electrons. The van der Waals surface area contributed by atoms with E-state index < -0.39 is 0 Å². The first-order valence-electron chi connectivity index (χ1n) is 2.80. The lowest BCUT2D eigenvalue weighted by atomic mass is 10.2. The normalized spacial score (nSPS) is 13.8. The third-order valence-corrected chi connectivity index (χ3v) is 2.15. The van der Waals surface area contributed by atoms with E-state index in [0.717, 1.165) is 11.9 Å². The van der Waals surface area contributed by atoms with Gasteiger partial charge in [-0.15, -0.1) is 0 Å². The molecule has 0 saturated carbocycles. The number of hydrogen-bond donors (Lipinski definition) is 1. The van der Waals surface area contributed by atoms with Gasteiger partial charge in [-0.05, 0) is 6.07 Å². The lowest BCUT2D eigenvalue weighted by molar-refractivity contribution is 1.46. The number of fused-ring (bicyclic) bond motifs is 1. The van der Waals surface area contributed by atoms with Gasteiger partial charge in [0.2, 0.25) is 0 Å². The van der Waals surface area contributed by atoms with Crippen LogP contribution in [0.5, 0.6) is 0 Å². The summed E-state index contributed by atoms with van der Waals surface area (Å²) in [5.74, 6) is 0. The second-order valence-electron chi connectivity index (χ2n) is 1.90. The molecule has 1 aliphatic rings. The highest BCUT2D eigenvalue weighted by atomic mass is 32.2. The molecule has 0 spiro atoms. The predicted octanol–water partition coefficient (Wildman–Crippen LogP) is 1.86.